The second-order valence-corrected chi connectivity index (χ2v) is 5.77. The Morgan fingerprint density at radius 2 is 1.83 bits per heavy atom. The predicted molar refractivity (Wildman–Crippen MR) is 94.9 cm³/mol. The molecule has 1 amide bonds. The van der Waals surface area contributed by atoms with Crippen molar-refractivity contribution in [3.63, 3.8) is 0 Å². The van der Waals surface area contributed by atoms with E-state index in [4.69, 9.17) is 0 Å². The van der Waals surface area contributed by atoms with E-state index in [-0.39, 0.29) is 5.57 Å². The summed E-state index contributed by atoms with van der Waals surface area (Å²) in [5.41, 5.74) is 7.40. The van der Waals surface area contributed by atoms with Gasteiger partial charge in [-0.1, -0.05) is 18.2 Å². The first-order valence-corrected chi connectivity index (χ1v) is 7.66. The van der Waals surface area contributed by atoms with Gasteiger partial charge in [0.15, 0.2) is 0 Å². The third-order valence-corrected chi connectivity index (χ3v) is 4.08. The van der Waals surface area contributed by atoms with Gasteiger partial charge >= 0.3 is 0 Å². The second-order valence-electron chi connectivity index (χ2n) is 5.77. The summed E-state index contributed by atoms with van der Waals surface area (Å²) >= 11 is 0. The smallest absolute Gasteiger partial charge is 0.280 e. The van der Waals surface area contributed by atoms with E-state index < -0.39 is 5.91 Å². The van der Waals surface area contributed by atoms with Crippen molar-refractivity contribution in [1.82, 2.24) is 9.66 Å². The van der Waals surface area contributed by atoms with Crippen LogP contribution in [0, 0.1) is 32.1 Å². The molecule has 2 N–H and O–H groups in total. The van der Waals surface area contributed by atoms with Crippen LogP contribution in [-0.4, -0.2) is 15.6 Å². The summed E-state index contributed by atoms with van der Waals surface area (Å²) < 4.78 is 1.68. The Morgan fingerprint density at radius 3 is 2.50 bits per heavy atom. The molecule has 0 aliphatic rings. The van der Waals surface area contributed by atoms with Crippen molar-refractivity contribution in [1.29, 1.82) is 5.26 Å². The minimum atomic E-state index is -0.426. The maximum absolute atomic E-state index is 12.5. The monoisotopic (exact) mass is 318 g/mol. The molecule has 0 saturated carbocycles. The fourth-order valence-corrected chi connectivity index (χ4v) is 2.78. The molecule has 0 bridgehead atoms. The first kappa shape index (κ1) is 15.6. The summed E-state index contributed by atoms with van der Waals surface area (Å²) in [5.74, 6) is -0.426. The number of nitrogens with one attached hydrogen (secondary N) is 2. The number of fused-ring (bicyclic) bond motifs is 1. The zero-order valence-corrected chi connectivity index (χ0v) is 13.8. The van der Waals surface area contributed by atoms with Crippen LogP contribution in [0.4, 0.5) is 0 Å². The maximum atomic E-state index is 12.5. The molecule has 0 aliphatic heterocycles. The Bertz CT molecular complexity index is 979. The molecule has 3 aromatic rings. The van der Waals surface area contributed by atoms with E-state index in [1.165, 1.54) is 0 Å². The normalized spacial score (nSPS) is 11.5. The lowest BCUT2D eigenvalue weighted by Crippen LogP contribution is -2.25. The van der Waals surface area contributed by atoms with E-state index in [9.17, 15) is 10.1 Å². The van der Waals surface area contributed by atoms with E-state index in [1.807, 2.05) is 63.2 Å². The number of nitrogens with zero attached hydrogens (tertiary/aromatic N) is 2. The predicted octanol–water partition coefficient (Wildman–Crippen LogP) is 3.57. The minimum absolute atomic E-state index is 0.0651. The Kier molecular flexibility index (Phi) is 3.97. The van der Waals surface area contributed by atoms with Crippen molar-refractivity contribution in [2.75, 3.05) is 5.43 Å². The molecule has 0 unspecified atom stereocenters. The number of aromatic amines is 1. The standard InChI is InChI=1S/C19H18N4O/c1-12-8-9-13(2)23(12)22-19(24)15(11-20)10-17-14(3)21-18-7-5-4-6-16(17)18/h4-10,21H,1-3H3,(H,22,24)/b15-10+. The van der Waals surface area contributed by atoms with Crippen LogP contribution in [0.5, 0.6) is 0 Å². The average Bonchev–Trinajstić information content (AvgIpc) is 3.05. The minimum Gasteiger partial charge on any atom is -0.358 e. The van der Waals surface area contributed by atoms with Gasteiger partial charge in [-0.25, -0.2) is 0 Å². The average molecular weight is 318 g/mol. The lowest BCUT2D eigenvalue weighted by Gasteiger charge is -2.10. The summed E-state index contributed by atoms with van der Waals surface area (Å²) in [6, 6.07) is 13.7. The molecule has 2 heterocycles. The molecule has 5 nitrogen and oxygen atoms in total. The molecule has 0 aliphatic carbocycles. The first-order valence-electron chi connectivity index (χ1n) is 7.66. The van der Waals surface area contributed by atoms with Crippen LogP contribution in [0.15, 0.2) is 42.0 Å². The van der Waals surface area contributed by atoms with Gasteiger partial charge in [0, 0.05) is 33.5 Å². The molecule has 2 aromatic heterocycles. The number of carbonyl (C=O) groups is 1. The van der Waals surface area contributed by atoms with Gasteiger partial charge in [0.05, 0.1) is 0 Å². The highest BCUT2D eigenvalue weighted by Gasteiger charge is 2.14. The Hall–Kier alpha value is -3.26. The molecule has 120 valence electrons. The molecule has 1 aromatic carbocycles. The maximum Gasteiger partial charge on any atom is 0.280 e. The third-order valence-electron chi connectivity index (χ3n) is 4.08. The molecule has 0 fully saturated rings. The highest BCUT2D eigenvalue weighted by atomic mass is 16.2. The fraction of sp³-hybridized carbons (Fsp3) is 0.158. The molecule has 0 atom stereocenters. The first-order chi connectivity index (χ1) is 11.5. The summed E-state index contributed by atoms with van der Waals surface area (Å²) in [6.07, 6.45) is 1.64. The highest BCUT2D eigenvalue weighted by Crippen LogP contribution is 2.24. The number of benzene rings is 1. The number of carbonyl (C=O) groups excluding carboxylic acids is 1. The van der Waals surface area contributed by atoms with Gasteiger partial charge in [0.1, 0.15) is 11.6 Å². The largest absolute Gasteiger partial charge is 0.358 e. The van der Waals surface area contributed by atoms with Gasteiger partial charge < -0.3 is 4.98 Å². The molecular formula is C19H18N4O. The van der Waals surface area contributed by atoms with Crippen molar-refractivity contribution in [2.24, 2.45) is 0 Å². The van der Waals surface area contributed by atoms with E-state index >= 15 is 0 Å². The molecule has 0 saturated heterocycles. The molecule has 0 spiro atoms. The van der Waals surface area contributed by atoms with Gasteiger partial charge in [0.2, 0.25) is 0 Å². The zero-order chi connectivity index (χ0) is 17.3. The number of amides is 1. The van der Waals surface area contributed by atoms with Gasteiger partial charge in [-0.3, -0.25) is 14.9 Å². The Morgan fingerprint density at radius 1 is 1.17 bits per heavy atom. The Balaban J connectivity index is 1.99. The summed E-state index contributed by atoms with van der Waals surface area (Å²) in [7, 11) is 0. The summed E-state index contributed by atoms with van der Waals surface area (Å²) in [4.78, 5) is 15.8. The van der Waals surface area contributed by atoms with Crippen LogP contribution in [0.25, 0.3) is 17.0 Å². The van der Waals surface area contributed by atoms with Crippen LogP contribution in [-0.2, 0) is 4.79 Å². The number of para-hydroxylation sites is 1. The third kappa shape index (κ3) is 2.70. The zero-order valence-electron chi connectivity index (χ0n) is 13.8. The van der Waals surface area contributed by atoms with Gasteiger partial charge in [-0.2, -0.15) is 5.26 Å². The van der Waals surface area contributed by atoms with Gasteiger partial charge in [-0.15, -0.1) is 0 Å². The molecule has 0 radical (unpaired) electrons. The van der Waals surface area contributed by atoms with E-state index in [0.717, 1.165) is 33.5 Å². The summed E-state index contributed by atoms with van der Waals surface area (Å²) in [5, 5.41) is 10.4. The van der Waals surface area contributed by atoms with E-state index in [1.54, 1.807) is 10.8 Å². The number of rotatable bonds is 3. The van der Waals surface area contributed by atoms with Gasteiger partial charge in [0.25, 0.3) is 5.91 Å². The van der Waals surface area contributed by atoms with Crippen molar-refractivity contribution in [2.45, 2.75) is 20.8 Å². The molecule has 24 heavy (non-hydrogen) atoms. The van der Waals surface area contributed by atoms with Crippen molar-refractivity contribution in [3.8, 4) is 6.07 Å². The van der Waals surface area contributed by atoms with Crippen LogP contribution in [0.2, 0.25) is 0 Å². The van der Waals surface area contributed by atoms with Crippen LogP contribution in [0.1, 0.15) is 22.6 Å². The molecule has 3 rings (SSSR count). The number of hydrogen-bond acceptors (Lipinski definition) is 2. The fourth-order valence-electron chi connectivity index (χ4n) is 2.78. The number of aryl methyl sites for hydroxylation is 3. The van der Waals surface area contributed by atoms with E-state index in [2.05, 4.69) is 10.4 Å². The van der Waals surface area contributed by atoms with Crippen molar-refractivity contribution in [3.05, 3.63) is 64.6 Å². The van der Waals surface area contributed by atoms with Crippen molar-refractivity contribution < 1.29 is 4.79 Å². The molecular weight excluding hydrogens is 300 g/mol. The number of H-pyrrole nitrogens is 1. The topological polar surface area (TPSA) is 73.6 Å². The van der Waals surface area contributed by atoms with Crippen LogP contribution >= 0.6 is 0 Å². The SMILES string of the molecule is Cc1[nH]c2ccccc2c1/C=C(\C#N)C(=O)Nn1c(C)ccc1C. The number of aromatic nitrogens is 2. The van der Waals surface area contributed by atoms with Crippen molar-refractivity contribution >= 4 is 22.9 Å². The number of nitriles is 1. The quantitative estimate of drug-likeness (QED) is 0.572. The summed E-state index contributed by atoms with van der Waals surface area (Å²) in [6.45, 7) is 5.72. The van der Waals surface area contributed by atoms with Gasteiger partial charge in [-0.05, 0) is 45.0 Å². The van der Waals surface area contributed by atoms with Crippen LogP contribution in [0.3, 0.4) is 0 Å². The lowest BCUT2D eigenvalue weighted by molar-refractivity contribution is -0.113. The second kappa shape index (κ2) is 6.09. The highest BCUT2D eigenvalue weighted by molar-refractivity contribution is 6.08. The van der Waals surface area contributed by atoms with E-state index in [0.29, 0.717) is 0 Å². The lowest BCUT2D eigenvalue weighted by atomic mass is 10.1. The van der Waals surface area contributed by atoms with Crippen LogP contribution < -0.4 is 5.43 Å². The molecule has 5 heteroatoms. The Labute approximate surface area is 140 Å². The number of hydrogen-bond donors (Lipinski definition) is 2.